The maximum Gasteiger partial charge on any atom is 0.225 e. The van der Waals surface area contributed by atoms with Crippen molar-refractivity contribution in [2.45, 2.75) is 18.1 Å². The van der Waals surface area contributed by atoms with Gasteiger partial charge in [-0.2, -0.15) is 0 Å². The number of nitrogens with one attached hydrogen (secondary N) is 1. The van der Waals surface area contributed by atoms with Crippen LogP contribution in [0.15, 0.2) is 84.0 Å². The largest absolute Gasteiger partial charge is 0.497 e. The Labute approximate surface area is 202 Å². The van der Waals surface area contributed by atoms with Crippen LogP contribution in [0.1, 0.15) is 12.0 Å². The maximum atomic E-state index is 12.4. The van der Waals surface area contributed by atoms with E-state index in [0.29, 0.717) is 29.6 Å². The van der Waals surface area contributed by atoms with Gasteiger partial charge >= 0.3 is 0 Å². The van der Waals surface area contributed by atoms with Crippen molar-refractivity contribution in [2.24, 2.45) is 0 Å². The second-order valence-electron chi connectivity index (χ2n) is 7.23. The minimum Gasteiger partial charge on any atom is -0.497 e. The Morgan fingerprint density at radius 2 is 1.73 bits per heavy atom. The number of carbonyl (C=O) groups excluding carboxylic acids is 1. The molecule has 1 aromatic heterocycles. The van der Waals surface area contributed by atoms with E-state index >= 15 is 0 Å². The van der Waals surface area contributed by atoms with Gasteiger partial charge in [-0.3, -0.25) is 9.36 Å². The van der Waals surface area contributed by atoms with Crippen molar-refractivity contribution in [2.75, 3.05) is 18.2 Å². The predicted molar refractivity (Wildman–Crippen MR) is 133 cm³/mol. The standard InChI is InChI=1S/C25H23ClN4O2S/c1-32-20-13-11-19(12-14-20)27-23(31)15-16-33-25-29-28-24(21-9-5-6-10-22(21)26)30(25)17-18-7-3-2-4-8-18/h2-14H,15-17H2,1H3,(H,27,31). The molecule has 1 amide bonds. The number of benzene rings is 3. The second-order valence-corrected chi connectivity index (χ2v) is 8.70. The molecule has 3 aromatic carbocycles. The number of aromatic nitrogens is 3. The molecule has 4 rings (SSSR count). The van der Waals surface area contributed by atoms with E-state index in [-0.39, 0.29) is 5.91 Å². The zero-order valence-corrected chi connectivity index (χ0v) is 19.6. The first-order valence-electron chi connectivity index (χ1n) is 10.4. The van der Waals surface area contributed by atoms with Gasteiger partial charge in [0.25, 0.3) is 0 Å². The summed E-state index contributed by atoms with van der Waals surface area (Å²) in [4.78, 5) is 12.4. The van der Waals surface area contributed by atoms with Crippen molar-refractivity contribution in [3.05, 3.63) is 89.4 Å². The molecule has 1 N–H and O–H groups in total. The van der Waals surface area contributed by atoms with Crippen molar-refractivity contribution >= 4 is 35.0 Å². The van der Waals surface area contributed by atoms with Crippen LogP contribution in [0.5, 0.6) is 5.75 Å². The summed E-state index contributed by atoms with van der Waals surface area (Å²) in [5, 5.41) is 13.1. The normalized spacial score (nSPS) is 10.7. The van der Waals surface area contributed by atoms with E-state index in [2.05, 4.69) is 27.6 Å². The fourth-order valence-electron chi connectivity index (χ4n) is 3.28. The molecule has 0 radical (unpaired) electrons. The Bertz CT molecular complexity index is 1210. The predicted octanol–water partition coefficient (Wildman–Crippen LogP) is 5.78. The van der Waals surface area contributed by atoms with E-state index < -0.39 is 0 Å². The summed E-state index contributed by atoms with van der Waals surface area (Å²) in [6, 6.07) is 25.0. The number of halogens is 1. The number of anilines is 1. The smallest absolute Gasteiger partial charge is 0.225 e. The molecular weight excluding hydrogens is 456 g/mol. The summed E-state index contributed by atoms with van der Waals surface area (Å²) in [6.45, 7) is 0.606. The summed E-state index contributed by atoms with van der Waals surface area (Å²) in [5.41, 5.74) is 2.69. The zero-order valence-electron chi connectivity index (χ0n) is 18.1. The highest BCUT2D eigenvalue weighted by Crippen LogP contribution is 2.30. The Hall–Kier alpha value is -3.29. The van der Waals surface area contributed by atoms with Gasteiger partial charge in [-0.25, -0.2) is 0 Å². The van der Waals surface area contributed by atoms with Crippen LogP contribution in [0.4, 0.5) is 5.69 Å². The minimum absolute atomic E-state index is 0.0619. The van der Waals surface area contributed by atoms with E-state index in [4.69, 9.17) is 16.3 Å². The van der Waals surface area contributed by atoms with E-state index in [1.54, 1.807) is 7.11 Å². The quantitative estimate of drug-likeness (QED) is 0.309. The van der Waals surface area contributed by atoms with Crippen molar-refractivity contribution < 1.29 is 9.53 Å². The Balaban J connectivity index is 1.46. The molecule has 4 aromatic rings. The molecule has 0 fully saturated rings. The molecular formula is C25H23ClN4O2S. The summed E-state index contributed by atoms with van der Waals surface area (Å²) in [6.07, 6.45) is 0.344. The van der Waals surface area contributed by atoms with Gasteiger partial charge in [0.2, 0.25) is 5.91 Å². The monoisotopic (exact) mass is 478 g/mol. The fraction of sp³-hybridized carbons (Fsp3) is 0.160. The van der Waals surface area contributed by atoms with Gasteiger partial charge in [0.05, 0.1) is 18.7 Å². The molecule has 0 aliphatic rings. The van der Waals surface area contributed by atoms with Gasteiger partial charge in [0, 0.05) is 23.4 Å². The molecule has 0 spiro atoms. The fourth-order valence-corrected chi connectivity index (χ4v) is 4.37. The molecule has 1 heterocycles. The van der Waals surface area contributed by atoms with Crippen molar-refractivity contribution in [3.8, 4) is 17.1 Å². The first kappa shape index (κ1) is 22.9. The highest BCUT2D eigenvalue weighted by Gasteiger charge is 2.17. The second kappa shape index (κ2) is 11.0. The Morgan fingerprint density at radius 1 is 1.00 bits per heavy atom. The van der Waals surface area contributed by atoms with Crippen LogP contribution in [0.2, 0.25) is 5.02 Å². The zero-order chi connectivity index (χ0) is 23.0. The number of rotatable bonds is 9. The summed E-state index contributed by atoms with van der Waals surface area (Å²) in [5.74, 6) is 1.95. The van der Waals surface area contributed by atoms with E-state index in [9.17, 15) is 4.79 Å². The number of carbonyl (C=O) groups is 1. The molecule has 33 heavy (non-hydrogen) atoms. The number of methoxy groups -OCH3 is 1. The highest BCUT2D eigenvalue weighted by atomic mass is 35.5. The molecule has 6 nitrogen and oxygen atoms in total. The van der Waals surface area contributed by atoms with Crippen LogP contribution >= 0.6 is 23.4 Å². The van der Waals surface area contributed by atoms with Crippen LogP contribution in [0.3, 0.4) is 0 Å². The van der Waals surface area contributed by atoms with E-state index in [1.165, 1.54) is 11.8 Å². The lowest BCUT2D eigenvalue weighted by molar-refractivity contribution is -0.115. The average Bonchev–Trinajstić information content (AvgIpc) is 3.22. The number of amides is 1. The molecule has 0 unspecified atom stereocenters. The van der Waals surface area contributed by atoms with Crippen LogP contribution < -0.4 is 10.1 Å². The van der Waals surface area contributed by atoms with Gasteiger partial charge in [-0.05, 0) is 42.0 Å². The molecule has 168 valence electrons. The maximum absolute atomic E-state index is 12.4. The number of hydrogen-bond acceptors (Lipinski definition) is 5. The Kier molecular flexibility index (Phi) is 7.65. The van der Waals surface area contributed by atoms with Gasteiger partial charge in [0.1, 0.15) is 5.75 Å². The summed E-state index contributed by atoms with van der Waals surface area (Å²) < 4.78 is 7.19. The van der Waals surface area contributed by atoms with Gasteiger partial charge in [-0.1, -0.05) is 65.8 Å². The van der Waals surface area contributed by atoms with Crippen LogP contribution in [0, 0.1) is 0 Å². The van der Waals surface area contributed by atoms with Crippen molar-refractivity contribution in [1.29, 1.82) is 0 Å². The number of nitrogens with zero attached hydrogens (tertiary/aromatic N) is 3. The lowest BCUT2D eigenvalue weighted by Gasteiger charge is -2.11. The highest BCUT2D eigenvalue weighted by molar-refractivity contribution is 7.99. The third-order valence-electron chi connectivity index (χ3n) is 4.95. The number of hydrogen-bond donors (Lipinski definition) is 1. The van der Waals surface area contributed by atoms with E-state index in [0.717, 1.165) is 27.7 Å². The number of thioether (sulfide) groups is 1. The minimum atomic E-state index is -0.0619. The van der Waals surface area contributed by atoms with Gasteiger partial charge in [0.15, 0.2) is 11.0 Å². The molecule has 8 heteroatoms. The number of ether oxygens (including phenoxy) is 1. The van der Waals surface area contributed by atoms with Gasteiger partial charge in [-0.15, -0.1) is 10.2 Å². The molecule has 0 aliphatic carbocycles. The topological polar surface area (TPSA) is 69.0 Å². The van der Waals surface area contributed by atoms with E-state index in [1.807, 2.05) is 71.3 Å². The molecule has 0 aliphatic heterocycles. The van der Waals surface area contributed by atoms with Gasteiger partial charge < -0.3 is 10.1 Å². The molecule has 0 bridgehead atoms. The van der Waals surface area contributed by atoms with Crippen LogP contribution in [0.25, 0.3) is 11.4 Å². The lowest BCUT2D eigenvalue weighted by Crippen LogP contribution is -2.12. The first-order chi connectivity index (χ1) is 16.1. The molecule has 0 saturated carbocycles. The lowest BCUT2D eigenvalue weighted by atomic mass is 10.2. The molecule has 0 atom stereocenters. The van der Waals surface area contributed by atoms with Crippen LogP contribution in [-0.2, 0) is 11.3 Å². The Morgan fingerprint density at radius 3 is 2.45 bits per heavy atom. The third-order valence-corrected chi connectivity index (χ3v) is 6.25. The SMILES string of the molecule is COc1ccc(NC(=O)CCSc2nnc(-c3ccccc3Cl)n2Cc2ccccc2)cc1. The first-order valence-corrected chi connectivity index (χ1v) is 11.8. The summed E-state index contributed by atoms with van der Waals surface area (Å²) >= 11 is 7.93. The third kappa shape index (κ3) is 5.94. The van der Waals surface area contributed by atoms with Crippen molar-refractivity contribution in [3.63, 3.8) is 0 Å². The summed E-state index contributed by atoms with van der Waals surface area (Å²) in [7, 11) is 1.61. The van der Waals surface area contributed by atoms with Crippen LogP contribution in [-0.4, -0.2) is 33.5 Å². The molecule has 0 saturated heterocycles. The van der Waals surface area contributed by atoms with Crippen molar-refractivity contribution in [1.82, 2.24) is 14.8 Å². The average molecular weight is 479 g/mol.